The molecule has 1 fully saturated rings. The number of nitrogens with zero attached hydrogens (tertiary/aromatic N) is 1. The predicted molar refractivity (Wildman–Crippen MR) is 78.2 cm³/mol. The second kappa shape index (κ2) is 5.21. The molecular formula is C15H23N3O. The summed E-state index contributed by atoms with van der Waals surface area (Å²) in [4.78, 5) is 14.2. The lowest BCUT2D eigenvalue weighted by Gasteiger charge is -2.44. The molecule has 0 saturated carbocycles. The third-order valence-electron chi connectivity index (χ3n) is 3.61. The Morgan fingerprint density at radius 2 is 2.00 bits per heavy atom. The number of nitrogens with two attached hydrogens (primary N) is 1. The number of hydrogen-bond donors (Lipinski definition) is 2. The Bertz CT molecular complexity index is 453. The molecule has 0 aliphatic carbocycles. The molecule has 0 spiro atoms. The van der Waals surface area contributed by atoms with Crippen molar-refractivity contribution >= 4 is 11.6 Å². The van der Waals surface area contributed by atoms with Crippen LogP contribution in [0.1, 0.15) is 26.3 Å². The summed E-state index contributed by atoms with van der Waals surface area (Å²) in [5.74, 6) is 0.0123. The molecule has 1 atom stereocenters. The van der Waals surface area contributed by atoms with Gasteiger partial charge in [0.2, 0.25) is 5.91 Å². The molecule has 104 valence electrons. The smallest absolute Gasteiger partial charge is 0.244 e. The predicted octanol–water partition coefficient (Wildman–Crippen LogP) is 1.29. The Morgan fingerprint density at radius 1 is 1.37 bits per heavy atom. The highest BCUT2D eigenvalue weighted by Crippen LogP contribution is 2.24. The molecule has 1 saturated heterocycles. The highest BCUT2D eigenvalue weighted by molar-refractivity contribution is 5.87. The van der Waals surface area contributed by atoms with Crippen molar-refractivity contribution in [1.82, 2.24) is 5.32 Å². The van der Waals surface area contributed by atoms with Gasteiger partial charge in [0.05, 0.1) is 5.54 Å². The number of nitrogens with one attached hydrogen (secondary N) is 1. The fourth-order valence-electron chi connectivity index (χ4n) is 2.56. The van der Waals surface area contributed by atoms with Crippen molar-refractivity contribution in [3.8, 4) is 0 Å². The Balaban J connectivity index is 2.30. The summed E-state index contributed by atoms with van der Waals surface area (Å²) in [5, 5.41) is 3.02. The summed E-state index contributed by atoms with van der Waals surface area (Å²) in [7, 11) is 0. The van der Waals surface area contributed by atoms with Gasteiger partial charge in [0.25, 0.3) is 0 Å². The van der Waals surface area contributed by atoms with Gasteiger partial charge in [-0.2, -0.15) is 0 Å². The third kappa shape index (κ3) is 2.89. The maximum absolute atomic E-state index is 12.1. The molecule has 3 N–H and O–H groups in total. The topological polar surface area (TPSA) is 58.4 Å². The van der Waals surface area contributed by atoms with Gasteiger partial charge in [-0.15, -0.1) is 0 Å². The van der Waals surface area contributed by atoms with Crippen LogP contribution in [-0.2, 0) is 11.2 Å². The normalized spacial score (nSPS) is 22.2. The molecule has 1 aromatic carbocycles. The van der Waals surface area contributed by atoms with Gasteiger partial charge in [-0.1, -0.05) is 19.1 Å². The molecule has 1 amide bonds. The lowest BCUT2D eigenvalue weighted by molar-refractivity contribution is -0.125. The number of benzene rings is 1. The van der Waals surface area contributed by atoms with Gasteiger partial charge >= 0.3 is 0 Å². The molecule has 4 heteroatoms. The van der Waals surface area contributed by atoms with Crippen molar-refractivity contribution in [3.05, 3.63) is 29.8 Å². The Morgan fingerprint density at radius 3 is 2.53 bits per heavy atom. The summed E-state index contributed by atoms with van der Waals surface area (Å²) < 4.78 is 0. The Labute approximate surface area is 115 Å². The Hall–Kier alpha value is -1.55. The standard InChI is InChI=1S/C15H23N3O/c1-4-11-5-7-12(8-6-11)18-10-15(2,3)17-14(19)13(18)9-16/h5-8,13H,4,9-10,16H2,1-3H3,(H,17,19). The number of piperazine rings is 1. The average Bonchev–Trinajstić information content (AvgIpc) is 2.37. The highest BCUT2D eigenvalue weighted by Gasteiger charge is 2.37. The zero-order valence-corrected chi connectivity index (χ0v) is 11.9. The van der Waals surface area contributed by atoms with Crippen LogP contribution in [0.2, 0.25) is 0 Å². The van der Waals surface area contributed by atoms with Crippen LogP contribution in [0.3, 0.4) is 0 Å². The SMILES string of the molecule is CCc1ccc(N2CC(C)(C)NC(=O)C2CN)cc1. The molecule has 1 aromatic rings. The van der Waals surface area contributed by atoms with E-state index in [0.717, 1.165) is 18.7 Å². The minimum atomic E-state index is -0.277. The summed E-state index contributed by atoms with van der Waals surface area (Å²) >= 11 is 0. The first-order valence-electron chi connectivity index (χ1n) is 6.84. The van der Waals surface area contributed by atoms with E-state index in [1.54, 1.807) is 0 Å². The van der Waals surface area contributed by atoms with Crippen LogP contribution in [-0.4, -0.2) is 30.6 Å². The van der Waals surface area contributed by atoms with E-state index in [9.17, 15) is 4.79 Å². The fourth-order valence-corrected chi connectivity index (χ4v) is 2.56. The number of carbonyl (C=O) groups is 1. The summed E-state index contributed by atoms with van der Waals surface area (Å²) in [6.07, 6.45) is 1.02. The number of rotatable bonds is 3. The summed E-state index contributed by atoms with van der Waals surface area (Å²) in [5.41, 5.74) is 7.90. The number of carbonyl (C=O) groups excluding carboxylic acids is 1. The van der Waals surface area contributed by atoms with E-state index in [0.29, 0.717) is 6.54 Å². The van der Waals surface area contributed by atoms with Gasteiger partial charge in [0.1, 0.15) is 6.04 Å². The maximum Gasteiger partial charge on any atom is 0.244 e. The molecule has 1 aliphatic rings. The first-order valence-corrected chi connectivity index (χ1v) is 6.84. The van der Waals surface area contributed by atoms with Crippen LogP contribution >= 0.6 is 0 Å². The number of aryl methyl sites for hydroxylation is 1. The summed E-state index contributed by atoms with van der Waals surface area (Å²) in [6, 6.07) is 8.11. The van der Waals surface area contributed by atoms with E-state index in [-0.39, 0.29) is 17.5 Å². The molecule has 1 heterocycles. The number of hydrogen-bond acceptors (Lipinski definition) is 3. The molecule has 0 radical (unpaired) electrons. The quantitative estimate of drug-likeness (QED) is 0.862. The van der Waals surface area contributed by atoms with Crippen LogP contribution in [0.4, 0.5) is 5.69 Å². The largest absolute Gasteiger partial charge is 0.356 e. The van der Waals surface area contributed by atoms with Crippen LogP contribution in [0.25, 0.3) is 0 Å². The monoisotopic (exact) mass is 261 g/mol. The first kappa shape index (κ1) is 13.9. The minimum Gasteiger partial charge on any atom is -0.356 e. The number of amides is 1. The zero-order valence-electron chi connectivity index (χ0n) is 11.9. The van der Waals surface area contributed by atoms with E-state index < -0.39 is 0 Å². The second-order valence-electron chi connectivity index (χ2n) is 5.77. The van der Waals surface area contributed by atoms with Crippen LogP contribution in [0, 0.1) is 0 Å². The van der Waals surface area contributed by atoms with Gasteiger partial charge < -0.3 is 16.0 Å². The third-order valence-corrected chi connectivity index (χ3v) is 3.61. The fraction of sp³-hybridized carbons (Fsp3) is 0.533. The molecule has 0 bridgehead atoms. The van der Waals surface area contributed by atoms with Crippen molar-refractivity contribution < 1.29 is 4.79 Å². The molecule has 0 aromatic heterocycles. The highest BCUT2D eigenvalue weighted by atomic mass is 16.2. The van der Waals surface area contributed by atoms with Crippen LogP contribution in [0.15, 0.2) is 24.3 Å². The van der Waals surface area contributed by atoms with E-state index in [4.69, 9.17) is 5.73 Å². The van der Waals surface area contributed by atoms with Crippen molar-refractivity contribution in [3.63, 3.8) is 0 Å². The van der Waals surface area contributed by atoms with Crippen molar-refractivity contribution in [2.75, 3.05) is 18.0 Å². The molecular weight excluding hydrogens is 238 g/mol. The van der Waals surface area contributed by atoms with E-state index in [1.807, 2.05) is 13.8 Å². The van der Waals surface area contributed by atoms with Crippen molar-refractivity contribution in [2.24, 2.45) is 5.73 Å². The maximum atomic E-state index is 12.1. The summed E-state index contributed by atoms with van der Waals surface area (Å²) in [6.45, 7) is 7.30. The lowest BCUT2D eigenvalue weighted by atomic mass is 9.97. The second-order valence-corrected chi connectivity index (χ2v) is 5.77. The van der Waals surface area contributed by atoms with Gasteiger partial charge in [-0.05, 0) is 38.0 Å². The minimum absolute atomic E-state index is 0.0123. The van der Waals surface area contributed by atoms with Gasteiger partial charge in [0, 0.05) is 18.8 Å². The van der Waals surface area contributed by atoms with Crippen LogP contribution in [0.5, 0.6) is 0 Å². The van der Waals surface area contributed by atoms with Crippen LogP contribution < -0.4 is 16.0 Å². The van der Waals surface area contributed by atoms with Crippen molar-refractivity contribution in [1.29, 1.82) is 0 Å². The number of anilines is 1. The van der Waals surface area contributed by atoms with E-state index in [1.165, 1.54) is 5.56 Å². The van der Waals surface area contributed by atoms with Gasteiger partial charge in [0.15, 0.2) is 0 Å². The molecule has 1 unspecified atom stereocenters. The average molecular weight is 261 g/mol. The Kier molecular flexibility index (Phi) is 3.80. The lowest BCUT2D eigenvalue weighted by Crippen LogP contribution is -2.66. The molecule has 19 heavy (non-hydrogen) atoms. The van der Waals surface area contributed by atoms with E-state index >= 15 is 0 Å². The van der Waals surface area contributed by atoms with Gasteiger partial charge in [-0.3, -0.25) is 4.79 Å². The van der Waals surface area contributed by atoms with Gasteiger partial charge in [-0.25, -0.2) is 0 Å². The molecule has 4 nitrogen and oxygen atoms in total. The van der Waals surface area contributed by atoms with Crippen molar-refractivity contribution in [2.45, 2.75) is 38.8 Å². The van der Waals surface area contributed by atoms with E-state index in [2.05, 4.69) is 41.4 Å². The molecule has 1 aliphatic heterocycles. The zero-order chi connectivity index (χ0) is 14.0. The molecule has 2 rings (SSSR count). The first-order chi connectivity index (χ1) is 8.96.